The van der Waals surface area contributed by atoms with Crippen molar-refractivity contribution < 1.29 is 19.8 Å². The predicted octanol–water partition coefficient (Wildman–Crippen LogP) is 1.89. The van der Waals surface area contributed by atoms with E-state index in [2.05, 4.69) is 0 Å². The van der Waals surface area contributed by atoms with E-state index in [4.69, 9.17) is 5.11 Å². The maximum absolute atomic E-state index is 12.5. The molecule has 1 saturated heterocycles. The second-order valence-corrected chi connectivity index (χ2v) is 4.74. The van der Waals surface area contributed by atoms with Gasteiger partial charge in [0.1, 0.15) is 11.8 Å². The van der Waals surface area contributed by atoms with Crippen molar-refractivity contribution in [2.75, 3.05) is 18.0 Å². The van der Waals surface area contributed by atoms with Crippen molar-refractivity contribution in [1.29, 1.82) is 0 Å². The van der Waals surface area contributed by atoms with Gasteiger partial charge in [-0.05, 0) is 31.9 Å². The van der Waals surface area contributed by atoms with Gasteiger partial charge in [-0.15, -0.1) is 0 Å². The Hall–Kier alpha value is -2.24. The lowest BCUT2D eigenvalue weighted by Gasteiger charge is -2.29. The number of aromatic hydroxyl groups is 1. The molecule has 1 fully saturated rings. The highest BCUT2D eigenvalue weighted by Crippen LogP contribution is 2.24. The zero-order valence-electron chi connectivity index (χ0n) is 11.3. The average molecular weight is 278 g/mol. The monoisotopic (exact) mass is 278 g/mol. The maximum atomic E-state index is 12.5. The number of likely N-dealkylation sites (tertiary alicyclic amines) is 1. The summed E-state index contributed by atoms with van der Waals surface area (Å²) in [4.78, 5) is 26.5. The first-order valence-electron chi connectivity index (χ1n) is 6.64. The van der Waals surface area contributed by atoms with Crippen LogP contribution in [0.25, 0.3) is 0 Å². The van der Waals surface area contributed by atoms with Gasteiger partial charge in [0.25, 0.3) is 0 Å². The van der Waals surface area contributed by atoms with E-state index in [9.17, 15) is 14.7 Å². The molecule has 1 aliphatic rings. The molecule has 0 aromatic heterocycles. The summed E-state index contributed by atoms with van der Waals surface area (Å²) < 4.78 is 0. The van der Waals surface area contributed by atoms with Crippen molar-refractivity contribution >= 4 is 17.7 Å². The first kappa shape index (κ1) is 14.2. The Bertz CT molecular complexity index is 518. The van der Waals surface area contributed by atoms with E-state index >= 15 is 0 Å². The number of carboxylic acids is 1. The Morgan fingerprint density at radius 2 is 2.20 bits per heavy atom. The molecule has 0 unspecified atom stereocenters. The van der Waals surface area contributed by atoms with E-state index in [1.54, 1.807) is 12.1 Å². The highest BCUT2D eigenvalue weighted by molar-refractivity contribution is 5.95. The van der Waals surface area contributed by atoms with Gasteiger partial charge >= 0.3 is 12.0 Å². The van der Waals surface area contributed by atoms with Crippen molar-refractivity contribution in [1.82, 2.24) is 4.90 Å². The average Bonchev–Trinajstić information content (AvgIpc) is 2.89. The molecule has 0 radical (unpaired) electrons. The van der Waals surface area contributed by atoms with Crippen LogP contribution < -0.4 is 4.90 Å². The van der Waals surface area contributed by atoms with Crippen LogP contribution >= 0.6 is 0 Å². The number of carbonyl (C=O) groups excluding carboxylic acids is 1. The van der Waals surface area contributed by atoms with Gasteiger partial charge in [-0.25, -0.2) is 9.59 Å². The largest absolute Gasteiger partial charge is 0.508 e. The minimum absolute atomic E-state index is 0.0740. The minimum Gasteiger partial charge on any atom is -0.508 e. The topological polar surface area (TPSA) is 81.1 Å². The fraction of sp³-hybridized carbons (Fsp3) is 0.429. The van der Waals surface area contributed by atoms with E-state index in [1.807, 2.05) is 6.92 Å². The molecule has 6 heteroatoms. The smallest absolute Gasteiger partial charge is 0.326 e. The van der Waals surface area contributed by atoms with Gasteiger partial charge in [0.15, 0.2) is 0 Å². The third kappa shape index (κ3) is 2.68. The zero-order chi connectivity index (χ0) is 14.7. The normalized spacial score (nSPS) is 18.1. The standard InChI is InChI=1S/C14H18N2O4/c1-2-15(10-5-3-6-11(17)9-10)14(20)16-8-4-7-12(16)13(18)19/h3,5-6,9,12,17H,2,4,7-8H2,1H3,(H,18,19)/t12-/m0/s1. The first-order valence-corrected chi connectivity index (χ1v) is 6.64. The lowest BCUT2D eigenvalue weighted by atomic mass is 10.2. The molecule has 0 spiro atoms. The van der Waals surface area contributed by atoms with E-state index < -0.39 is 12.0 Å². The van der Waals surface area contributed by atoms with Crippen LogP contribution in [0.2, 0.25) is 0 Å². The van der Waals surface area contributed by atoms with Gasteiger partial charge in [-0.3, -0.25) is 4.90 Å². The predicted molar refractivity (Wildman–Crippen MR) is 73.9 cm³/mol. The second-order valence-electron chi connectivity index (χ2n) is 4.74. The van der Waals surface area contributed by atoms with Crippen molar-refractivity contribution in [2.24, 2.45) is 0 Å². The number of aliphatic carboxylic acids is 1. The fourth-order valence-corrected chi connectivity index (χ4v) is 2.50. The van der Waals surface area contributed by atoms with Crippen LogP contribution in [-0.4, -0.2) is 46.2 Å². The molecule has 1 aromatic rings. The summed E-state index contributed by atoms with van der Waals surface area (Å²) in [5.74, 6) is -0.896. The number of amides is 2. The van der Waals surface area contributed by atoms with Gasteiger partial charge in [-0.2, -0.15) is 0 Å². The Morgan fingerprint density at radius 1 is 1.45 bits per heavy atom. The summed E-state index contributed by atoms with van der Waals surface area (Å²) >= 11 is 0. The van der Waals surface area contributed by atoms with Gasteiger partial charge in [-0.1, -0.05) is 6.07 Å². The van der Waals surface area contributed by atoms with Gasteiger partial charge < -0.3 is 15.1 Å². The molecule has 0 aliphatic carbocycles. The van der Waals surface area contributed by atoms with E-state index in [-0.39, 0.29) is 11.8 Å². The quantitative estimate of drug-likeness (QED) is 0.884. The van der Waals surface area contributed by atoms with Crippen LogP contribution in [0.1, 0.15) is 19.8 Å². The third-order valence-electron chi connectivity index (χ3n) is 3.47. The number of phenolic OH excluding ortho intramolecular Hbond substituents is 1. The molecule has 2 rings (SSSR count). The molecule has 0 bridgehead atoms. The van der Waals surface area contributed by atoms with Crippen LogP contribution in [0.15, 0.2) is 24.3 Å². The number of hydrogen-bond donors (Lipinski definition) is 2. The number of carboxylic acid groups (broad SMARTS) is 1. The van der Waals surface area contributed by atoms with E-state index in [1.165, 1.54) is 21.9 Å². The molecule has 1 atom stereocenters. The summed E-state index contributed by atoms with van der Waals surface area (Å²) in [5, 5.41) is 18.6. The molecule has 2 amide bonds. The van der Waals surface area contributed by atoms with Gasteiger partial charge in [0.2, 0.25) is 0 Å². The second kappa shape index (κ2) is 5.81. The zero-order valence-corrected chi connectivity index (χ0v) is 11.3. The van der Waals surface area contributed by atoms with Gasteiger partial charge in [0.05, 0.1) is 0 Å². The summed E-state index contributed by atoms with van der Waals surface area (Å²) in [5.41, 5.74) is 0.563. The van der Waals surface area contributed by atoms with E-state index in [0.717, 1.165) is 0 Å². The van der Waals surface area contributed by atoms with Crippen LogP contribution in [-0.2, 0) is 4.79 Å². The van der Waals surface area contributed by atoms with Crippen LogP contribution in [0, 0.1) is 0 Å². The highest BCUT2D eigenvalue weighted by atomic mass is 16.4. The van der Waals surface area contributed by atoms with Gasteiger partial charge in [0, 0.05) is 24.8 Å². The number of carbonyl (C=O) groups is 2. The molecule has 0 saturated carbocycles. The summed E-state index contributed by atoms with van der Waals surface area (Å²) in [6, 6.07) is 5.30. The van der Waals surface area contributed by atoms with Crippen molar-refractivity contribution in [2.45, 2.75) is 25.8 Å². The number of benzene rings is 1. The lowest BCUT2D eigenvalue weighted by Crippen LogP contribution is -2.48. The Kier molecular flexibility index (Phi) is 4.12. The van der Waals surface area contributed by atoms with Crippen LogP contribution in [0.5, 0.6) is 5.75 Å². The maximum Gasteiger partial charge on any atom is 0.326 e. The first-order chi connectivity index (χ1) is 9.54. The number of phenols is 1. The SMILES string of the molecule is CCN(C(=O)N1CCC[C@H]1C(=O)O)c1cccc(O)c1. The van der Waals surface area contributed by atoms with Crippen LogP contribution in [0.3, 0.4) is 0 Å². The molecule has 20 heavy (non-hydrogen) atoms. The summed E-state index contributed by atoms with van der Waals surface area (Å²) in [7, 11) is 0. The Balaban J connectivity index is 2.23. The minimum atomic E-state index is -0.970. The number of anilines is 1. The molecule has 108 valence electrons. The number of hydrogen-bond acceptors (Lipinski definition) is 3. The lowest BCUT2D eigenvalue weighted by molar-refractivity contribution is -0.141. The number of rotatable bonds is 3. The fourth-order valence-electron chi connectivity index (χ4n) is 2.50. The Morgan fingerprint density at radius 3 is 2.80 bits per heavy atom. The molecular formula is C14H18N2O4. The molecule has 1 aromatic carbocycles. The third-order valence-corrected chi connectivity index (χ3v) is 3.47. The molecule has 6 nitrogen and oxygen atoms in total. The molecule has 2 N–H and O–H groups in total. The van der Waals surface area contributed by atoms with Crippen molar-refractivity contribution in [3.05, 3.63) is 24.3 Å². The molecule has 1 aliphatic heterocycles. The summed E-state index contributed by atoms with van der Waals surface area (Å²) in [6.07, 6.45) is 1.18. The molecule has 1 heterocycles. The summed E-state index contributed by atoms with van der Waals surface area (Å²) in [6.45, 7) is 2.67. The van der Waals surface area contributed by atoms with Crippen molar-refractivity contribution in [3.63, 3.8) is 0 Å². The van der Waals surface area contributed by atoms with Crippen LogP contribution in [0.4, 0.5) is 10.5 Å². The Labute approximate surface area is 117 Å². The molecular weight excluding hydrogens is 260 g/mol. The van der Waals surface area contributed by atoms with E-state index in [0.29, 0.717) is 31.6 Å². The highest BCUT2D eigenvalue weighted by Gasteiger charge is 2.36. The number of nitrogens with zero attached hydrogens (tertiary/aromatic N) is 2. The number of urea groups is 1. The van der Waals surface area contributed by atoms with Crippen molar-refractivity contribution in [3.8, 4) is 5.75 Å².